The Labute approximate surface area is 187 Å². The Kier molecular flexibility index (Phi) is 9.62. The van der Waals surface area contributed by atoms with E-state index >= 15 is 0 Å². The van der Waals surface area contributed by atoms with Gasteiger partial charge in [0.1, 0.15) is 0 Å². The van der Waals surface area contributed by atoms with Gasteiger partial charge in [-0.05, 0) is 55.5 Å². The van der Waals surface area contributed by atoms with Crippen molar-refractivity contribution in [1.82, 2.24) is 0 Å². The molecule has 31 heavy (non-hydrogen) atoms. The summed E-state index contributed by atoms with van der Waals surface area (Å²) in [4.78, 5) is 19.0. The van der Waals surface area contributed by atoms with Gasteiger partial charge in [-0.1, -0.05) is 6.07 Å². The second kappa shape index (κ2) is 11.4. The number of carbonyl (C=O) groups excluding carboxylic acids is 1. The van der Waals surface area contributed by atoms with E-state index in [4.69, 9.17) is 6.57 Å². The number of aliphatic imine (C=N–C) groups is 1. The molecule has 0 spiro atoms. The standard InChI is InChI=1S/C19H15F3N4O2S.CH3Cl/c1-18(28,10-24-12-3-5-13(6-4-12)25-11-29)17(27)26-14-7-8-16(23-2)15(9-14)19(20,21)22;1-2/h3-9,24,28H,10H2,1H3,(H,26,27);1H3/t18-;/m1./s1. The fourth-order valence-corrected chi connectivity index (χ4v) is 2.37. The number of carbonyl (C=O) groups is 1. The Hall–Kier alpha value is -2.96. The zero-order chi connectivity index (χ0) is 23.7. The summed E-state index contributed by atoms with van der Waals surface area (Å²) in [6, 6.07) is 9.38. The molecule has 0 bridgehead atoms. The Bertz CT molecular complexity index is 999. The van der Waals surface area contributed by atoms with Crippen molar-refractivity contribution in [3.05, 3.63) is 59.4 Å². The summed E-state index contributed by atoms with van der Waals surface area (Å²) in [5.74, 6) is -0.907. The highest BCUT2D eigenvalue weighted by Gasteiger charge is 2.35. The molecule has 0 unspecified atom stereocenters. The summed E-state index contributed by atoms with van der Waals surface area (Å²) in [5, 5.41) is 17.7. The number of nitrogens with one attached hydrogen (secondary N) is 2. The minimum Gasteiger partial charge on any atom is -0.382 e. The molecule has 0 aliphatic carbocycles. The van der Waals surface area contributed by atoms with Crippen molar-refractivity contribution in [2.45, 2.75) is 18.7 Å². The van der Waals surface area contributed by atoms with Crippen LogP contribution in [-0.4, -0.2) is 34.7 Å². The second-order valence-electron chi connectivity index (χ2n) is 6.17. The molecule has 0 fully saturated rings. The molecule has 3 N–H and O–H groups in total. The van der Waals surface area contributed by atoms with E-state index in [1.54, 1.807) is 24.3 Å². The highest BCUT2D eigenvalue weighted by Crippen LogP contribution is 2.38. The smallest absolute Gasteiger partial charge is 0.382 e. The fourth-order valence-electron chi connectivity index (χ4n) is 2.27. The molecule has 6 nitrogen and oxygen atoms in total. The third-order valence-electron chi connectivity index (χ3n) is 3.85. The molecular weight excluding hydrogens is 453 g/mol. The van der Waals surface area contributed by atoms with Crippen LogP contribution in [0, 0.1) is 6.57 Å². The number of amides is 1. The molecule has 0 saturated carbocycles. The lowest BCUT2D eigenvalue weighted by Crippen LogP contribution is -2.45. The monoisotopic (exact) mass is 470 g/mol. The highest BCUT2D eigenvalue weighted by molar-refractivity contribution is 7.78. The average Bonchev–Trinajstić information content (AvgIpc) is 2.74. The number of halogens is 4. The van der Waals surface area contributed by atoms with Gasteiger partial charge in [0.2, 0.25) is 0 Å². The van der Waals surface area contributed by atoms with Crippen molar-refractivity contribution in [1.29, 1.82) is 0 Å². The number of alkyl halides is 4. The maximum absolute atomic E-state index is 13.0. The molecule has 0 radical (unpaired) electrons. The Balaban J connectivity index is 0.00000233. The number of hydrogen-bond donors (Lipinski definition) is 3. The van der Waals surface area contributed by atoms with Crippen LogP contribution in [0.2, 0.25) is 0 Å². The quantitative estimate of drug-likeness (QED) is 0.221. The van der Waals surface area contributed by atoms with Crippen LogP contribution in [-0.2, 0) is 11.0 Å². The maximum Gasteiger partial charge on any atom is 0.407 e. The molecule has 2 aromatic rings. The summed E-state index contributed by atoms with van der Waals surface area (Å²) in [6.07, 6.45) is -3.27. The van der Waals surface area contributed by atoms with E-state index in [0.717, 1.165) is 6.07 Å². The molecule has 0 aliphatic rings. The van der Waals surface area contributed by atoms with Gasteiger partial charge in [-0.25, -0.2) is 4.85 Å². The van der Waals surface area contributed by atoms with Gasteiger partial charge in [-0.15, -0.1) is 11.6 Å². The molecule has 11 heteroatoms. The number of aliphatic hydroxyl groups is 1. The van der Waals surface area contributed by atoms with Gasteiger partial charge in [-0.3, -0.25) is 4.79 Å². The lowest BCUT2D eigenvalue weighted by molar-refractivity contribution is -0.137. The molecule has 164 valence electrons. The lowest BCUT2D eigenvalue weighted by Gasteiger charge is -2.23. The third kappa shape index (κ3) is 7.66. The van der Waals surface area contributed by atoms with E-state index in [2.05, 4.69) is 49.5 Å². The minimum atomic E-state index is -4.75. The first-order valence-electron chi connectivity index (χ1n) is 8.49. The number of isothiocyanates is 1. The molecule has 2 aromatic carbocycles. The lowest BCUT2D eigenvalue weighted by atomic mass is 10.1. The largest absolute Gasteiger partial charge is 0.407 e. The van der Waals surface area contributed by atoms with Crippen LogP contribution in [0.4, 0.5) is 35.9 Å². The van der Waals surface area contributed by atoms with Gasteiger partial charge in [0, 0.05) is 17.8 Å². The zero-order valence-corrected chi connectivity index (χ0v) is 18.0. The van der Waals surface area contributed by atoms with Gasteiger partial charge in [-0.2, -0.15) is 18.2 Å². The fraction of sp³-hybridized carbons (Fsp3) is 0.250. The summed E-state index contributed by atoms with van der Waals surface area (Å²) in [5.41, 5.74) is -2.69. The maximum atomic E-state index is 13.0. The van der Waals surface area contributed by atoms with E-state index in [-0.39, 0.29) is 12.2 Å². The van der Waals surface area contributed by atoms with Crippen molar-refractivity contribution in [2.75, 3.05) is 23.6 Å². The Morgan fingerprint density at radius 1 is 1.23 bits per heavy atom. The molecular formula is C20H18ClF3N4O2S. The van der Waals surface area contributed by atoms with Gasteiger partial charge in [0.15, 0.2) is 11.3 Å². The first-order chi connectivity index (χ1) is 14.6. The summed E-state index contributed by atoms with van der Waals surface area (Å²) in [7, 11) is 0. The summed E-state index contributed by atoms with van der Waals surface area (Å²) < 4.78 is 39.1. The Morgan fingerprint density at radius 3 is 2.32 bits per heavy atom. The highest BCUT2D eigenvalue weighted by atomic mass is 35.5. The molecule has 0 heterocycles. The number of thiocarbonyl (C=S) groups is 1. The van der Waals surface area contributed by atoms with Crippen LogP contribution < -0.4 is 10.6 Å². The summed E-state index contributed by atoms with van der Waals surface area (Å²) in [6.45, 7) is 7.84. The number of rotatable bonds is 6. The van der Waals surface area contributed by atoms with Crippen LogP contribution in [0.25, 0.3) is 4.85 Å². The van der Waals surface area contributed by atoms with Crippen LogP contribution in [0.5, 0.6) is 0 Å². The van der Waals surface area contributed by atoms with E-state index < -0.39 is 28.9 Å². The summed E-state index contributed by atoms with van der Waals surface area (Å²) >= 11 is 9.14. The van der Waals surface area contributed by atoms with Gasteiger partial charge >= 0.3 is 6.18 Å². The van der Waals surface area contributed by atoms with Crippen LogP contribution >= 0.6 is 23.8 Å². The van der Waals surface area contributed by atoms with Crippen molar-refractivity contribution >= 4 is 57.6 Å². The normalized spacial score (nSPS) is 12.2. The number of anilines is 2. The van der Waals surface area contributed by atoms with Gasteiger partial charge in [0.25, 0.3) is 5.91 Å². The SMILES string of the molecule is CCl.[C-]#[N+]c1ccc(NC(=O)[C@](C)(O)CNc2ccc(N=C=S)cc2)cc1C(F)(F)F. The predicted octanol–water partition coefficient (Wildman–Crippen LogP) is 5.65. The van der Waals surface area contributed by atoms with Crippen LogP contribution in [0.1, 0.15) is 12.5 Å². The van der Waals surface area contributed by atoms with Crippen molar-refractivity contribution in [3.8, 4) is 0 Å². The number of benzene rings is 2. The minimum absolute atomic E-state index is 0.183. The molecule has 2 rings (SSSR count). The predicted molar refractivity (Wildman–Crippen MR) is 118 cm³/mol. The van der Waals surface area contributed by atoms with E-state index in [1.165, 1.54) is 19.4 Å². The topological polar surface area (TPSA) is 78.1 Å². The Morgan fingerprint density at radius 2 is 1.81 bits per heavy atom. The van der Waals surface area contributed by atoms with Crippen molar-refractivity contribution in [3.63, 3.8) is 0 Å². The van der Waals surface area contributed by atoms with Gasteiger partial charge < -0.3 is 15.7 Å². The van der Waals surface area contributed by atoms with Gasteiger partial charge in [0.05, 0.1) is 29.5 Å². The third-order valence-corrected chi connectivity index (χ3v) is 3.94. The zero-order valence-electron chi connectivity index (χ0n) is 16.4. The van der Waals surface area contributed by atoms with E-state index in [1.807, 2.05) is 0 Å². The second-order valence-corrected chi connectivity index (χ2v) is 6.36. The van der Waals surface area contributed by atoms with Crippen molar-refractivity contribution < 1.29 is 23.1 Å². The molecule has 0 saturated heterocycles. The van der Waals surface area contributed by atoms with E-state index in [9.17, 15) is 23.1 Å². The van der Waals surface area contributed by atoms with E-state index in [0.29, 0.717) is 17.4 Å². The first-order valence-corrected chi connectivity index (χ1v) is 9.65. The first kappa shape index (κ1) is 26.1. The van der Waals surface area contributed by atoms with Crippen molar-refractivity contribution in [2.24, 2.45) is 4.99 Å². The number of nitrogens with zero attached hydrogens (tertiary/aromatic N) is 2. The average molecular weight is 471 g/mol. The molecule has 1 amide bonds. The molecule has 0 aromatic heterocycles. The van der Waals surface area contributed by atoms with Crippen LogP contribution in [0.3, 0.4) is 0 Å². The molecule has 0 aliphatic heterocycles. The van der Waals surface area contributed by atoms with Crippen LogP contribution in [0.15, 0.2) is 47.5 Å². The molecule has 1 atom stereocenters. The number of hydrogen-bond acceptors (Lipinski definition) is 5.